The maximum absolute atomic E-state index is 13.3. The first-order valence-corrected chi connectivity index (χ1v) is 8.24. The van der Waals surface area contributed by atoms with Crippen LogP contribution in [0.5, 0.6) is 0 Å². The Hall–Kier alpha value is -2.00. The number of ether oxygens (including phenoxy) is 1. The van der Waals surface area contributed by atoms with Crippen molar-refractivity contribution in [3.8, 4) is 6.07 Å². The van der Waals surface area contributed by atoms with E-state index >= 15 is 0 Å². The van der Waals surface area contributed by atoms with Crippen LogP contribution < -0.4 is 5.32 Å². The topological polar surface area (TPSA) is 78.2 Å². The zero-order valence-electron chi connectivity index (χ0n) is 13.5. The molecule has 1 N–H and O–H groups in total. The number of aryl methyl sites for hydroxylation is 1. The maximum atomic E-state index is 13.3. The number of hydrogen-bond donors (Lipinski definition) is 1. The van der Waals surface area contributed by atoms with Crippen molar-refractivity contribution in [3.05, 3.63) is 11.3 Å². The molecule has 0 aliphatic carbocycles. The van der Waals surface area contributed by atoms with Crippen LogP contribution in [0.2, 0.25) is 0 Å². The van der Waals surface area contributed by atoms with E-state index in [1.54, 1.807) is 6.92 Å². The summed E-state index contributed by atoms with van der Waals surface area (Å²) in [5.41, 5.74) is 0.552. The second-order valence-electron chi connectivity index (χ2n) is 5.69. The summed E-state index contributed by atoms with van der Waals surface area (Å²) in [5, 5.41) is 11.9. The van der Waals surface area contributed by atoms with Crippen molar-refractivity contribution in [1.29, 1.82) is 5.26 Å². The predicted octanol–water partition coefficient (Wildman–Crippen LogP) is 2.41. The summed E-state index contributed by atoms with van der Waals surface area (Å²) >= 11 is 0.865. The molecule has 26 heavy (non-hydrogen) atoms. The van der Waals surface area contributed by atoms with Crippen LogP contribution in [0, 0.1) is 24.2 Å². The first kappa shape index (κ1) is 20.3. The highest BCUT2D eigenvalue weighted by molar-refractivity contribution is 7.10. The fourth-order valence-corrected chi connectivity index (χ4v) is 3.39. The molecule has 1 aromatic rings. The van der Waals surface area contributed by atoms with Gasteiger partial charge in [-0.1, -0.05) is 0 Å². The molecule has 0 radical (unpaired) electrons. The van der Waals surface area contributed by atoms with Crippen LogP contribution in [0.3, 0.4) is 0 Å². The van der Waals surface area contributed by atoms with Crippen LogP contribution in [0.1, 0.15) is 11.3 Å². The van der Waals surface area contributed by atoms with Gasteiger partial charge in [-0.2, -0.15) is 22.8 Å². The van der Waals surface area contributed by atoms with Gasteiger partial charge in [0.2, 0.25) is 5.91 Å². The molecule has 1 fully saturated rings. The average Bonchev–Trinajstić information content (AvgIpc) is 3.11. The van der Waals surface area contributed by atoms with E-state index in [0.29, 0.717) is 5.69 Å². The third kappa shape index (κ3) is 4.79. The largest absolute Gasteiger partial charge is 0.395 e. The minimum Gasteiger partial charge on any atom is -0.369 e. The molecule has 0 aromatic carbocycles. The first-order valence-electron chi connectivity index (χ1n) is 7.46. The van der Waals surface area contributed by atoms with Crippen molar-refractivity contribution < 1.29 is 31.5 Å². The minimum absolute atomic E-state index is 0.154. The molecule has 2 rings (SSSR count). The lowest BCUT2D eigenvalue weighted by Gasteiger charge is -2.21. The zero-order chi connectivity index (χ0) is 19.5. The summed E-state index contributed by atoms with van der Waals surface area (Å²) in [6, 6.07) is 0.697. The number of nitrogens with zero attached hydrogens (tertiary/aromatic N) is 3. The molecule has 2 heterocycles. The number of amides is 1. The maximum Gasteiger partial charge on any atom is 0.395 e. The molecular weight excluding hydrogens is 383 g/mol. The highest BCUT2D eigenvalue weighted by Gasteiger charge is 2.51. The summed E-state index contributed by atoms with van der Waals surface area (Å²) in [5.74, 6) is -2.67. The molecule has 1 aromatic heterocycles. The number of nitrogens with one attached hydrogen (secondary N) is 1. The summed E-state index contributed by atoms with van der Waals surface area (Å²) < 4.78 is 72.4. The van der Waals surface area contributed by atoms with E-state index in [1.807, 2.05) is 6.07 Å². The fraction of sp³-hybridized carbons (Fsp3) is 0.643. The van der Waals surface area contributed by atoms with E-state index in [1.165, 1.54) is 0 Å². The smallest absolute Gasteiger partial charge is 0.369 e. The first-order chi connectivity index (χ1) is 12.1. The van der Waals surface area contributed by atoms with Gasteiger partial charge in [0.25, 0.3) is 6.43 Å². The number of halogens is 5. The molecule has 1 aliphatic heterocycles. The second-order valence-corrected chi connectivity index (χ2v) is 6.46. The van der Waals surface area contributed by atoms with Crippen molar-refractivity contribution in [2.24, 2.45) is 5.92 Å². The number of carbonyl (C=O) groups excluding carboxylic acids is 1. The predicted molar refractivity (Wildman–Crippen MR) is 81.9 cm³/mol. The summed E-state index contributed by atoms with van der Waals surface area (Å²) in [6.45, 7) is -1.02. The second kappa shape index (κ2) is 8.13. The Balaban J connectivity index is 2.09. The number of carbonyl (C=O) groups is 1. The number of anilines is 1. The molecule has 0 saturated carbocycles. The van der Waals surface area contributed by atoms with Gasteiger partial charge in [-0.05, 0) is 18.5 Å². The van der Waals surface area contributed by atoms with Gasteiger partial charge < -0.3 is 15.0 Å². The van der Waals surface area contributed by atoms with E-state index in [2.05, 4.69) is 14.4 Å². The molecule has 1 aliphatic rings. The number of nitriles is 1. The summed E-state index contributed by atoms with van der Waals surface area (Å²) in [6.07, 6.45) is -7.35. The Morgan fingerprint density at radius 1 is 1.50 bits per heavy atom. The third-order valence-electron chi connectivity index (χ3n) is 3.85. The molecule has 0 unspecified atom stereocenters. The summed E-state index contributed by atoms with van der Waals surface area (Å²) in [7, 11) is 0. The van der Waals surface area contributed by atoms with E-state index < -0.39 is 50.2 Å². The molecule has 1 amide bonds. The molecule has 12 heteroatoms. The van der Waals surface area contributed by atoms with Crippen molar-refractivity contribution in [1.82, 2.24) is 9.27 Å². The van der Waals surface area contributed by atoms with E-state index in [0.717, 1.165) is 16.4 Å². The molecule has 0 spiro atoms. The quantitative estimate of drug-likeness (QED) is 0.745. The normalized spacial score (nSPS) is 20.5. The van der Waals surface area contributed by atoms with Crippen LogP contribution in [0.15, 0.2) is 0 Å². The summed E-state index contributed by atoms with van der Waals surface area (Å²) in [4.78, 5) is 12.8. The monoisotopic (exact) mass is 398 g/mol. The lowest BCUT2D eigenvalue weighted by atomic mass is 10.0. The van der Waals surface area contributed by atoms with Crippen molar-refractivity contribution in [2.75, 3.05) is 31.6 Å². The number of rotatable bonds is 6. The number of aromatic nitrogens is 1. The number of likely N-dealkylation sites (tertiary alicyclic amines) is 1. The highest BCUT2D eigenvalue weighted by atomic mass is 32.1. The SMILES string of the molecule is Cc1nsc(N[C@@H]2CN(C(=O)COCC(F)F)C[C@H]2C(F)(F)F)c1C#N. The van der Waals surface area contributed by atoms with Crippen molar-refractivity contribution in [2.45, 2.75) is 25.6 Å². The van der Waals surface area contributed by atoms with Gasteiger partial charge in [0, 0.05) is 13.1 Å². The van der Waals surface area contributed by atoms with E-state index in [9.17, 15) is 26.7 Å². The number of alkyl halides is 5. The Morgan fingerprint density at radius 2 is 2.19 bits per heavy atom. The van der Waals surface area contributed by atoms with E-state index in [4.69, 9.17) is 5.26 Å². The van der Waals surface area contributed by atoms with Crippen molar-refractivity contribution >= 4 is 22.4 Å². The lowest BCUT2D eigenvalue weighted by Crippen LogP contribution is -2.37. The number of hydrogen-bond acceptors (Lipinski definition) is 6. The molecular formula is C14H15F5N4O2S. The Labute approximate surface area is 149 Å². The standard InChI is InChI=1S/C14H15F5N4O2S/c1-7-8(2-20)13(26-22-7)21-10-4-23(3-9(10)14(17,18)19)12(24)6-25-5-11(15)16/h9-11,21H,3-6H2,1H3/t9-,10-/m1/s1. The Bertz CT molecular complexity index is 688. The van der Waals surface area contributed by atoms with Gasteiger partial charge in [-0.25, -0.2) is 8.78 Å². The van der Waals surface area contributed by atoms with Crippen LogP contribution in [0.25, 0.3) is 0 Å². The van der Waals surface area contributed by atoms with Crippen LogP contribution in [0.4, 0.5) is 27.0 Å². The van der Waals surface area contributed by atoms with E-state index in [-0.39, 0.29) is 17.1 Å². The highest BCUT2D eigenvalue weighted by Crippen LogP contribution is 2.36. The van der Waals surface area contributed by atoms with Gasteiger partial charge >= 0.3 is 6.18 Å². The molecule has 144 valence electrons. The average molecular weight is 398 g/mol. The Kier molecular flexibility index (Phi) is 6.35. The molecule has 6 nitrogen and oxygen atoms in total. The molecule has 1 saturated heterocycles. The zero-order valence-corrected chi connectivity index (χ0v) is 14.3. The van der Waals surface area contributed by atoms with Gasteiger partial charge in [-0.15, -0.1) is 0 Å². The fourth-order valence-electron chi connectivity index (χ4n) is 2.58. The Morgan fingerprint density at radius 3 is 2.77 bits per heavy atom. The third-order valence-corrected chi connectivity index (χ3v) is 4.72. The molecule has 0 bridgehead atoms. The minimum atomic E-state index is -4.58. The lowest BCUT2D eigenvalue weighted by molar-refractivity contribution is -0.173. The van der Waals surface area contributed by atoms with Crippen LogP contribution >= 0.6 is 11.5 Å². The van der Waals surface area contributed by atoms with Crippen molar-refractivity contribution in [3.63, 3.8) is 0 Å². The van der Waals surface area contributed by atoms with Gasteiger partial charge in [-0.3, -0.25) is 4.79 Å². The van der Waals surface area contributed by atoms with Crippen LogP contribution in [-0.2, 0) is 9.53 Å². The molecule has 2 atom stereocenters. The van der Waals surface area contributed by atoms with Gasteiger partial charge in [0.1, 0.15) is 29.8 Å². The van der Waals surface area contributed by atoms with Gasteiger partial charge in [0.05, 0.1) is 17.7 Å². The van der Waals surface area contributed by atoms with Crippen LogP contribution in [-0.4, -0.2) is 60.1 Å². The van der Waals surface area contributed by atoms with Gasteiger partial charge in [0.15, 0.2) is 0 Å².